The summed E-state index contributed by atoms with van der Waals surface area (Å²) >= 11 is 0. The molecule has 1 heterocycles. The summed E-state index contributed by atoms with van der Waals surface area (Å²) in [6.07, 6.45) is 3.60. The highest BCUT2D eigenvalue weighted by Gasteiger charge is 2.31. The number of aliphatic hydroxyl groups is 1. The number of aromatic amines is 1. The SMILES string of the molecule is CCC(C)C(N)C(=O)NC(Cc1cnc[nH]1)C(=O)NC(CO)C(=O)NC(C(=O)O)C(C)C. The first kappa shape index (κ1) is 27.0. The van der Waals surface area contributed by atoms with E-state index in [1.807, 2.05) is 13.8 Å². The fraction of sp³-hybridized carbons (Fsp3) is 0.650. The molecule has 0 saturated heterocycles. The van der Waals surface area contributed by atoms with E-state index in [4.69, 9.17) is 5.73 Å². The Hall–Kier alpha value is -2.99. The largest absolute Gasteiger partial charge is 0.480 e. The topological polar surface area (TPSA) is 200 Å². The predicted octanol–water partition coefficient (Wildman–Crippen LogP) is -1.49. The van der Waals surface area contributed by atoms with Gasteiger partial charge >= 0.3 is 5.97 Å². The molecular formula is C20H34N6O6. The van der Waals surface area contributed by atoms with Gasteiger partial charge in [-0.25, -0.2) is 9.78 Å². The molecule has 32 heavy (non-hydrogen) atoms. The molecule has 3 amide bonds. The minimum absolute atomic E-state index is 0.0360. The van der Waals surface area contributed by atoms with Gasteiger partial charge < -0.3 is 36.9 Å². The van der Waals surface area contributed by atoms with Crippen molar-refractivity contribution < 1.29 is 29.4 Å². The highest BCUT2D eigenvalue weighted by Crippen LogP contribution is 2.07. The Morgan fingerprint density at radius 2 is 1.66 bits per heavy atom. The second-order valence-electron chi connectivity index (χ2n) is 8.07. The van der Waals surface area contributed by atoms with E-state index in [0.29, 0.717) is 12.1 Å². The van der Waals surface area contributed by atoms with Gasteiger partial charge in [-0.2, -0.15) is 0 Å². The van der Waals surface area contributed by atoms with Crippen molar-refractivity contribution in [1.29, 1.82) is 0 Å². The number of H-pyrrole nitrogens is 1. The smallest absolute Gasteiger partial charge is 0.326 e. The summed E-state index contributed by atoms with van der Waals surface area (Å²) in [4.78, 5) is 55.9. The number of imidazole rings is 1. The van der Waals surface area contributed by atoms with Crippen LogP contribution in [0.4, 0.5) is 0 Å². The molecule has 0 aliphatic carbocycles. The molecule has 0 spiro atoms. The van der Waals surface area contributed by atoms with E-state index in [9.17, 15) is 29.4 Å². The van der Waals surface area contributed by atoms with E-state index in [1.54, 1.807) is 13.8 Å². The number of hydrogen-bond donors (Lipinski definition) is 7. The maximum Gasteiger partial charge on any atom is 0.326 e. The van der Waals surface area contributed by atoms with Crippen LogP contribution in [0, 0.1) is 11.8 Å². The number of aliphatic carboxylic acids is 1. The number of nitrogens with two attached hydrogens (primary N) is 1. The molecule has 8 N–H and O–H groups in total. The third-order valence-corrected chi connectivity index (χ3v) is 5.22. The Morgan fingerprint density at radius 3 is 2.12 bits per heavy atom. The third kappa shape index (κ3) is 7.93. The molecular weight excluding hydrogens is 420 g/mol. The average molecular weight is 455 g/mol. The van der Waals surface area contributed by atoms with E-state index in [0.717, 1.165) is 0 Å². The van der Waals surface area contributed by atoms with Gasteiger partial charge in [0.15, 0.2) is 0 Å². The fourth-order valence-electron chi connectivity index (χ4n) is 2.84. The van der Waals surface area contributed by atoms with E-state index in [2.05, 4.69) is 25.9 Å². The zero-order valence-electron chi connectivity index (χ0n) is 18.8. The highest BCUT2D eigenvalue weighted by atomic mass is 16.4. The van der Waals surface area contributed by atoms with E-state index < -0.39 is 60.4 Å². The third-order valence-electron chi connectivity index (χ3n) is 5.22. The van der Waals surface area contributed by atoms with Gasteiger partial charge in [-0.15, -0.1) is 0 Å². The molecule has 0 fully saturated rings. The normalized spacial score (nSPS) is 15.8. The Bertz CT molecular complexity index is 769. The summed E-state index contributed by atoms with van der Waals surface area (Å²) in [5.41, 5.74) is 6.51. The number of aliphatic hydroxyl groups excluding tert-OH is 1. The van der Waals surface area contributed by atoms with E-state index in [1.165, 1.54) is 12.5 Å². The van der Waals surface area contributed by atoms with Gasteiger partial charge in [0.1, 0.15) is 18.1 Å². The molecule has 180 valence electrons. The van der Waals surface area contributed by atoms with Crippen LogP contribution in [0.15, 0.2) is 12.5 Å². The van der Waals surface area contributed by atoms with Gasteiger partial charge in [0.2, 0.25) is 17.7 Å². The van der Waals surface area contributed by atoms with Crippen molar-refractivity contribution in [2.45, 2.75) is 64.7 Å². The van der Waals surface area contributed by atoms with Crippen LogP contribution in [-0.4, -0.2) is 74.6 Å². The summed E-state index contributed by atoms with van der Waals surface area (Å²) in [5, 5.41) is 26.1. The van der Waals surface area contributed by atoms with Crippen LogP contribution >= 0.6 is 0 Å². The maximum atomic E-state index is 12.9. The molecule has 0 aliphatic heterocycles. The van der Waals surface area contributed by atoms with Gasteiger partial charge in [0.05, 0.1) is 19.0 Å². The van der Waals surface area contributed by atoms with Crippen molar-refractivity contribution in [3.63, 3.8) is 0 Å². The van der Waals surface area contributed by atoms with Crippen LogP contribution in [0.25, 0.3) is 0 Å². The Kier molecular flexibility index (Phi) is 10.8. The van der Waals surface area contributed by atoms with E-state index >= 15 is 0 Å². The first-order valence-electron chi connectivity index (χ1n) is 10.5. The predicted molar refractivity (Wildman–Crippen MR) is 115 cm³/mol. The van der Waals surface area contributed by atoms with Crippen molar-refractivity contribution in [1.82, 2.24) is 25.9 Å². The van der Waals surface area contributed by atoms with Crippen LogP contribution in [0.3, 0.4) is 0 Å². The van der Waals surface area contributed by atoms with Crippen molar-refractivity contribution in [2.24, 2.45) is 17.6 Å². The number of rotatable bonds is 13. The molecule has 0 bridgehead atoms. The number of nitrogens with one attached hydrogen (secondary N) is 4. The molecule has 1 aromatic rings. The Labute approximate surface area is 186 Å². The number of carbonyl (C=O) groups excluding carboxylic acids is 3. The number of nitrogens with zero attached hydrogens (tertiary/aromatic N) is 1. The quantitative estimate of drug-likeness (QED) is 0.187. The van der Waals surface area contributed by atoms with Crippen LogP contribution in [0.1, 0.15) is 39.8 Å². The monoisotopic (exact) mass is 454 g/mol. The summed E-state index contributed by atoms with van der Waals surface area (Å²) < 4.78 is 0. The van der Waals surface area contributed by atoms with Crippen LogP contribution < -0.4 is 21.7 Å². The maximum absolute atomic E-state index is 12.9. The van der Waals surface area contributed by atoms with Crippen molar-refractivity contribution >= 4 is 23.7 Å². The highest BCUT2D eigenvalue weighted by molar-refractivity contribution is 5.94. The number of carbonyl (C=O) groups is 4. The Morgan fingerprint density at radius 1 is 1.06 bits per heavy atom. The number of aromatic nitrogens is 2. The molecule has 12 nitrogen and oxygen atoms in total. The molecule has 0 saturated carbocycles. The zero-order valence-corrected chi connectivity index (χ0v) is 18.8. The van der Waals surface area contributed by atoms with Gasteiger partial charge in [0.25, 0.3) is 0 Å². The lowest BCUT2D eigenvalue weighted by Gasteiger charge is -2.25. The minimum atomic E-state index is -1.41. The average Bonchev–Trinajstić information content (AvgIpc) is 3.26. The molecule has 12 heteroatoms. The number of hydrogen-bond acceptors (Lipinski definition) is 7. The summed E-state index contributed by atoms with van der Waals surface area (Å²) in [7, 11) is 0. The van der Waals surface area contributed by atoms with E-state index in [-0.39, 0.29) is 12.3 Å². The van der Waals surface area contributed by atoms with Crippen molar-refractivity contribution in [3.05, 3.63) is 18.2 Å². The molecule has 0 aromatic carbocycles. The summed E-state index contributed by atoms with van der Waals surface area (Å²) in [6.45, 7) is 6.16. The lowest BCUT2D eigenvalue weighted by Crippen LogP contribution is -2.59. The van der Waals surface area contributed by atoms with Crippen molar-refractivity contribution in [3.8, 4) is 0 Å². The Balaban J connectivity index is 2.95. The van der Waals surface area contributed by atoms with Crippen LogP contribution in [0.2, 0.25) is 0 Å². The van der Waals surface area contributed by atoms with Crippen LogP contribution in [-0.2, 0) is 25.6 Å². The molecule has 1 rings (SSSR count). The summed E-state index contributed by atoms with van der Waals surface area (Å²) in [5.74, 6) is -3.90. The molecule has 5 unspecified atom stereocenters. The van der Waals surface area contributed by atoms with Crippen LogP contribution in [0.5, 0.6) is 0 Å². The second kappa shape index (κ2) is 12.8. The number of carboxylic acid groups (broad SMARTS) is 1. The van der Waals surface area contributed by atoms with Gasteiger partial charge in [-0.05, 0) is 11.8 Å². The molecule has 5 atom stereocenters. The standard InChI is InChI=1S/C20H34N6O6/c1-5-11(4)15(21)19(30)24-13(6-12-7-22-9-23-12)17(28)25-14(8-27)18(29)26-16(10(2)3)20(31)32/h7,9-11,13-16,27H,5-6,8,21H2,1-4H3,(H,22,23)(H,24,30)(H,25,28)(H,26,29)(H,31,32). The first-order valence-corrected chi connectivity index (χ1v) is 10.5. The lowest BCUT2D eigenvalue weighted by molar-refractivity contribution is -0.143. The molecule has 0 radical (unpaired) electrons. The van der Waals surface area contributed by atoms with Gasteiger partial charge in [-0.1, -0.05) is 34.1 Å². The fourth-order valence-corrected chi connectivity index (χ4v) is 2.84. The molecule has 0 aliphatic rings. The summed E-state index contributed by atoms with van der Waals surface area (Å²) in [6, 6.07) is -4.55. The van der Waals surface area contributed by atoms with Gasteiger partial charge in [-0.3, -0.25) is 14.4 Å². The second-order valence-corrected chi connectivity index (χ2v) is 8.07. The van der Waals surface area contributed by atoms with Crippen molar-refractivity contribution in [2.75, 3.05) is 6.61 Å². The minimum Gasteiger partial charge on any atom is -0.480 e. The van der Waals surface area contributed by atoms with Gasteiger partial charge in [0, 0.05) is 18.3 Å². The lowest BCUT2D eigenvalue weighted by atomic mass is 9.98. The first-order chi connectivity index (χ1) is 15.0. The molecule has 1 aromatic heterocycles. The zero-order chi connectivity index (χ0) is 24.4. The number of amides is 3. The number of carboxylic acids is 1.